The molecule has 9 heteroatoms. The van der Waals surface area contributed by atoms with Gasteiger partial charge in [0.1, 0.15) is 12.1 Å². The zero-order valence-electron chi connectivity index (χ0n) is 23.5. The van der Waals surface area contributed by atoms with E-state index < -0.39 is 29.3 Å². The Morgan fingerprint density at radius 3 is 1.80 bits per heavy atom. The average molecular weight is 535 g/mol. The van der Waals surface area contributed by atoms with Gasteiger partial charge in [-0.05, 0) is 48.3 Å². The standard InChI is InChI=1S/C26H50N2O5S2/c1-16(13-25(3,4)5)11-12-18(17(2)14-26(6,7)8)21(29)22(20(28)24(31)33-10)35-34-15-19(27)23(30)32-9/h16-20,22H,11-15,27-28H2,1-10H3/t16?,17?,18?,19-,20-,22?/m0/s1. The molecule has 35 heavy (non-hydrogen) atoms. The molecule has 7 nitrogen and oxygen atoms in total. The van der Waals surface area contributed by atoms with Crippen LogP contribution < -0.4 is 11.5 Å². The molecular weight excluding hydrogens is 484 g/mol. The van der Waals surface area contributed by atoms with Crippen molar-refractivity contribution < 1.29 is 23.9 Å². The summed E-state index contributed by atoms with van der Waals surface area (Å²) in [6.45, 7) is 17.6. The fourth-order valence-electron chi connectivity index (χ4n) is 4.59. The van der Waals surface area contributed by atoms with Gasteiger partial charge in [-0.15, -0.1) is 0 Å². The Morgan fingerprint density at radius 1 is 0.829 bits per heavy atom. The minimum Gasteiger partial charge on any atom is -0.468 e. The fraction of sp³-hybridized carbons (Fsp3) is 0.885. The third kappa shape index (κ3) is 13.9. The summed E-state index contributed by atoms with van der Waals surface area (Å²) in [7, 11) is 5.00. The molecule has 0 spiro atoms. The Bertz CT molecular complexity index is 676. The van der Waals surface area contributed by atoms with Crippen LogP contribution in [0, 0.1) is 28.6 Å². The van der Waals surface area contributed by atoms with E-state index in [1.807, 2.05) is 0 Å². The minimum atomic E-state index is -1.10. The number of methoxy groups -OCH3 is 2. The molecular formula is C26H50N2O5S2. The van der Waals surface area contributed by atoms with Crippen molar-refractivity contribution in [2.75, 3.05) is 20.0 Å². The second kappa shape index (κ2) is 15.5. The van der Waals surface area contributed by atoms with E-state index in [0.29, 0.717) is 5.92 Å². The van der Waals surface area contributed by atoms with Gasteiger partial charge < -0.3 is 20.9 Å². The van der Waals surface area contributed by atoms with Gasteiger partial charge >= 0.3 is 11.9 Å². The third-order valence-corrected chi connectivity index (χ3v) is 8.72. The summed E-state index contributed by atoms with van der Waals surface area (Å²) in [6, 6.07) is -1.92. The van der Waals surface area contributed by atoms with Crippen LogP contribution in [-0.2, 0) is 23.9 Å². The van der Waals surface area contributed by atoms with E-state index in [1.54, 1.807) is 0 Å². The monoisotopic (exact) mass is 534 g/mol. The average Bonchev–Trinajstić information content (AvgIpc) is 2.72. The smallest absolute Gasteiger partial charge is 0.324 e. The van der Waals surface area contributed by atoms with E-state index in [9.17, 15) is 14.4 Å². The highest BCUT2D eigenvalue weighted by atomic mass is 33.1. The maximum atomic E-state index is 14.0. The van der Waals surface area contributed by atoms with Crippen LogP contribution in [0.3, 0.4) is 0 Å². The highest BCUT2D eigenvalue weighted by molar-refractivity contribution is 8.77. The molecule has 0 aromatic rings. The van der Waals surface area contributed by atoms with Crippen molar-refractivity contribution in [2.24, 2.45) is 40.1 Å². The summed E-state index contributed by atoms with van der Waals surface area (Å²) < 4.78 is 9.54. The minimum absolute atomic E-state index is 0.0354. The molecule has 4 unspecified atom stereocenters. The highest BCUT2D eigenvalue weighted by Crippen LogP contribution is 2.38. The van der Waals surface area contributed by atoms with Crippen LogP contribution in [0.5, 0.6) is 0 Å². The summed E-state index contributed by atoms with van der Waals surface area (Å²) in [5.74, 6) is -0.592. The maximum absolute atomic E-state index is 14.0. The molecule has 0 aromatic heterocycles. The molecule has 0 heterocycles. The van der Waals surface area contributed by atoms with Crippen LogP contribution in [0.15, 0.2) is 0 Å². The van der Waals surface area contributed by atoms with Crippen LogP contribution in [-0.4, -0.2) is 55.0 Å². The lowest BCUT2D eigenvalue weighted by Gasteiger charge is -2.33. The number of esters is 2. The molecule has 0 radical (unpaired) electrons. The van der Waals surface area contributed by atoms with Gasteiger partial charge in [-0.25, -0.2) is 0 Å². The fourth-order valence-corrected chi connectivity index (χ4v) is 7.35. The summed E-state index contributed by atoms with van der Waals surface area (Å²) >= 11 is 0. The van der Waals surface area contributed by atoms with Gasteiger partial charge in [-0.2, -0.15) is 0 Å². The molecule has 0 amide bonds. The van der Waals surface area contributed by atoms with E-state index in [2.05, 4.69) is 60.1 Å². The maximum Gasteiger partial charge on any atom is 0.324 e. The molecule has 0 saturated heterocycles. The molecule has 0 rings (SSSR count). The highest BCUT2D eigenvalue weighted by Gasteiger charge is 2.39. The van der Waals surface area contributed by atoms with Crippen molar-refractivity contribution in [3.8, 4) is 0 Å². The van der Waals surface area contributed by atoms with E-state index in [4.69, 9.17) is 16.2 Å². The third-order valence-electron chi connectivity index (χ3n) is 5.92. The predicted octanol–water partition coefficient (Wildman–Crippen LogP) is 4.85. The van der Waals surface area contributed by atoms with E-state index in [-0.39, 0.29) is 34.2 Å². The predicted molar refractivity (Wildman–Crippen MR) is 148 cm³/mol. The molecule has 206 valence electrons. The van der Waals surface area contributed by atoms with E-state index in [0.717, 1.165) is 25.7 Å². The lowest BCUT2D eigenvalue weighted by molar-refractivity contribution is -0.144. The van der Waals surface area contributed by atoms with Crippen LogP contribution in [0.25, 0.3) is 0 Å². The van der Waals surface area contributed by atoms with Gasteiger partial charge in [-0.3, -0.25) is 14.4 Å². The van der Waals surface area contributed by atoms with E-state index >= 15 is 0 Å². The Balaban J connectivity index is 5.79. The Morgan fingerprint density at radius 2 is 1.34 bits per heavy atom. The van der Waals surface area contributed by atoms with Crippen molar-refractivity contribution >= 4 is 39.3 Å². The zero-order valence-corrected chi connectivity index (χ0v) is 25.1. The van der Waals surface area contributed by atoms with Crippen molar-refractivity contribution in [1.29, 1.82) is 0 Å². The number of nitrogens with two attached hydrogens (primary N) is 2. The van der Waals surface area contributed by atoms with E-state index in [1.165, 1.54) is 35.8 Å². The Kier molecular flexibility index (Phi) is 15.1. The number of carbonyl (C=O) groups is 3. The first-order chi connectivity index (χ1) is 15.9. The lowest BCUT2D eigenvalue weighted by Crippen LogP contribution is -2.48. The molecule has 0 aliphatic heterocycles. The Hall–Kier alpha value is -0.770. The number of Topliss-reactive ketones (excluding diaryl/α,β-unsaturated/α-hetero) is 1. The Labute approximate surface area is 221 Å². The van der Waals surface area contributed by atoms with Gasteiger partial charge in [0.15, 0.2) is 5.78 Å². The number of ether oxygens (including phenoxy) is 2. The van der Waals surface area contributed by atoms with Gasteiger partial charge in [0.25, 0.3) is 0 Å². The lowest BCUT2D eigenvalue weighted by atomic mass is 9.74. The van der Waals surface area contributed by atoms with Crippen LogP contribution in [0.1, 0.15) is 81.1 Å². The van der Waals surface area contributed by atoms with Crippen LogP contribution in [0.4, 0.5) is 0 Å². The SMILES string of the molecule is COC(=O)[C@@H](N)C(SSC[C@H](N)C(=O)OC)C(=O)C(CCC(C)CC(C)(C)C)C(C)CC(C)(C)C. The summed E-state index contributed by atoms with van der Waals surface area (Å²) in [5, 5.41) is -0.803. The van der Waals surface area contributed by atoms with Crippen LogP contribution >= 0.6 is 21.6 Å². The molecule has 0 aromatic carbocycles. The molecule has 0 saturated carbocycles. The first kappa shape index (κ1) is 34.2. The molecule has 0 aliphatic carbocycles. The summed E-state index contributed by atoms with van der Waals surface area (Å²) in [6.07, 6.45) is 3.61. The number of hydrogen-bond acceptors (Lipinski definition) is 9. The van der Waals surface area contributed by atoms with Gasteiger partial charge in [0.05, 0.1) is 19.5 Å². The van der Waals surface area contributed by atoms with Gasteiger partial charge in [0, 0.05) is 11.7 Å². The number of hydrogen-bond donors (Lipinski definition) is 2. The largest absolute Gasteiger partial charge is 0.468 e. The van der Waals surface area contributed by atoms with Crippen molar-refractivity contribution in [2.45, 2.75) is 98.4 Å². The molecule has 0 bridgehead atoms. The number of ketones is 1. The second-order valence-corrected chi connectivity index (χ2v) is 14.7. The van der Waals surface area contributed by atoms with Gasteiger partial charge in [0.2, 0.25) is 0 Å². The van der Waals surface area contributed by atoms with Crippen molar-refractivity contribution in [3.63, 3.8) is 0 Å². The summed E-state index contributed by atoms with van der Waals surface area (Å²) in [5.41, 5.74) is 12.4. The molecule has 0 aliphatic rings. The molecule has 0 fully saturated rings. The molecule has 6 atom stereocenters. The zero-order chi connectivity index (χ0) is 27.6. The number of carbonyl (C=O) groups excluding carboxylic acids is 3. The molecule has 4 N–H and O–H groups in total. The van der Waals surface area contributed by atoms with Crippen LogP contribution in [0.2, 0.25) is 0 Å². The number of rotatable bonds is 15. The summed E-state index contributed by atoms with van der Waals surface area (Å²) in [4.78, 5) is 37.9. The topological polar surface area (TPSA) is 122 Å². The van der Waals surface area contributed by atoms with Gasteiger partial charge in [-0.1, -0.05) is 77.0 Å². The van der Waals surface area contributed by atoms with Crippen molar-refractivity contribution in [3.05, 3.63) is 0 Å². The normalized spacial score (nSPS) is 17.6. The quantitative estimate of drug-likeness (QED) is 0.224. The first-order valence-corrected chi connectivity index (χ1v) is 14.8. The van der Waals surface area contributed by atoms with Crippen molar-refractivity contribution in [1.82, 2.24) is 0 Å². The second-order valence-electron chi connectivity index (χ2n) is 12.2. The first-order valence-electron chi connectivity index (χ1n) is 12.4.